The Morgan fingerprint density at radius 3 is 2.79 bits per heavy atom. The fourth-order valence-corrected chi connectivity index (χ4v) is 4.16. The fraction of sp³-hybridized carbons (Fsp3) is 0.462. The van der Waals surface area contributed by atoms with Gasteiger partial charge in [-0.3, -0.25) is 9.59 Å². The number of rotatable bonds is 11. The van der Waals surface area contributed by atoms with Crippen LogP contribution >= 0.6 is 0 Å². The van der Waals surface area contributed by atoms with Crippen molar-refractivity contribution in [3.05, 3.63) is 53.4 Å². The lowest BCUT2D eigenvalue weighted by molar-refractivity contribution is -0.143. The number of fused-ring (bicyclic) bond motifs is 1. The van der Waals surface area contributed by atoms with Crippen LogP contribution in [0.25, 0.3) is 6.08 Å². The predicted molar refractivity (Wildman–Crippen MR) is 132 cm³/mol. The van der Waals surface area contributed by atoms with E-state index in [0.717, 1.165) is 61.3 Å². The van der Waals surface area contributed by atoms with Crippen LogP contribution < -0.4 is 10.1 Å². The molecular weight excluding hydrogens is 432 g/mol. The Labute approximate surface area is 201 Å². The Kier molecular flexibility index (Phi) is 9.01. The van der Waals surface area contributed by atoms with Gasteiger partial charge in [0.05, 0.1) is 32.4 Å². The average Bonchev–Trinajstić information content (AvgIpc) is 2.88. The summed E-state index contributed by atoms with van der Waals surface area (Å²) in [4.78, 5) is 35.6. The third kappa shape index (κ3) is 6.34. The van der Waals surface area contributed by atoms with Gasteiger partial charge in [0, 0.05) is 32.3 Å². The molecule has 0 bridgehead atoms. The minimum absolute atomic E-state index is 0.0336. The van der Waals surface area contributed by atoms with Crippen LogP contribution in [0, 0.1) is 0 Å². The second-order valence-electron chi connectivity index (χ2n) is 8.41. The molecule has 3 rings (SSSR count). The molecule has 8 nitrogen and oxygen atoms in total. The fourth-order valence-electron chi connectivity index (χ4n) is 4.16. The number of anilines is 1. The lowest BCUT2D eigenvalue weighted by atomic mass is 10.00. The molecule has 34 heavy (non-hydrogen) atoms. The van der Waals surface area contributed by atoms with Gasteiger partial charge in [-0.05, 0) is 54.9 Å². The van der Waals surface area contributed by atoms with Crippen molar-refractivity contribution >= 4 is 23.8 Å². The maximum atomic E-state index is 13.0. The topological polar surface area (TPSA) is 93.7 Å². The number of methoxy groups -OCH3 is 2. The Morgan fingerprint density at radius 2 is 2.12 bits per heavy atom. The lowest BCUT2D eigenvalue weighted by Gasteiger charge is -2.28. The molecule has 0 saturated heterocycles. The van der Waals surface area contributed by atoms with Crippen LogP contribution in [-0.4, -0.2) is 54.6 Å². The second kappa shape index (κ2) is 12.2. The van der Waals surface area contributed by atoms with Crippen molar-refractivity contribution in [2.45, 2.75) is 51.0 Å². The van der Waals surface area contributed by atoms with E-state index in [4.69, 9.17) is 14.5 Å². The van der Waals surface area contributed by atoms with Gasteiger partial charge in [0.15, 0.2) is 0 Å². The summed E-state index contributed by atoms with van der Waals surface area (Å²) in [6, 6.07) is 5.25. The average molecular weight is 467 g/mol. The van der Waals surface area contributed by atoms with Gasteiger partial charge >= 0.3 is 5.97 Å². The van der Waals surface area contributed by atoms with Gasteiger partial charge in [0.1, 0.15) is 5.82 Å². The highest BCUT2D eigenvalue weighted by molar-refractivity contribution is 5.78. The molecule has 0 saturated carbocycles. The maximum Gasteiger partial charge on any atom is 0.307 e. The number of aryl methyl sites for hydroxylation is 2. The third-order valence-electron chi connectivity index (χ3n) is 6.21. The van der Waals surface area contributed by atoms with Crippen molar-refractivity contribution in [2.75, 3.05) is 33.1 Å². The Hall–Kier alpha value is -3.42. The highest BCUT2D eigenvalue weighted by Gasteiger charge is 2.25. The second-order valence-corrected chi connectivity index (χ2v) is 8.41. The van der Waals surface area contributed by atoms with Crippen molar-refractivity contribution in [3.8, 4) is 5.88 Å². The molecule has 1 atom stereocenters. The Balaban J connectivity index is 1.60. The summed E-state index contributed by atoms with van der Waals surface area (Å²) in [5.74, 6) is 1.03. The first-order chi connectivity index (χ1) is 16.5. The molecule has 8 heteroatoms. The molecule has 3 heterocycles. The van der Waals surface area contributed by atoms with E-state index in [9.17, 15) is 9.59 Å². The van der Waals surface area contributed by atoms with Crippen LogP contribution in [0.5, 0.6) is 5.88 Å². The molecule has 0 aliphatic carbocycles. The van der Waals surface area contributed by atoms with E-state index in [1.165, 1.54) is 19.8 Å². The van der Waals surface area contributed by atoms with Crippen molar-refractivity contribution in [3.63, 3.8) is 0 Å². The van der Waals surface area contributed by atoms with Crippen LogP contribution in [-0.2, 0) is 27.2 Å². The molecule has 0 spiro atoms. The molecule has 1 aliphatic heterocycles. The number of nitrogens with one attached hydrogen (secondary N) is 1. The van der Waals surface area contributed by atoms with Crippen LogP contribution in [0.4, 0.5) is 5.82 Å². The zero-order valence-electron chi connectivity index (χ0n) is 20.3. The van der Waals surface area contributed by atoms with Gasteiger partial charge in [-0.1, -0.05) is 18.7 Å². The number of aromatic nitrogens is 2. The van der Waals surface area contributed by atoms with E-state index in [1.807, 2.05) is 12.1 Å². The Morgan fingerprint density at radius 1 is 1.29 bits per heavy atom. The van der Waals surface area contributed by atoms with Crippen LogP contribution in [0.3, 0.4) is 0 Å². The first kappa shape index (κ1) is 25.2. The summed E-state index contributed by atoms with van der Waals surface area (Å²) in [6.07, 6.45) is 8.40. The molecule has 2 aromatic heterocycles. The van der Waals surface area contributed by atoms with Gasteiger partial charge in [-0.15, -0.1) is 0 Å². The van der Waals surface area contributed by atoms with Crippen molar-refractivity contribution in [1.82, 2.24) is 14.9 Å². The highest BCUT2D eigenvalue weighted by atomic mass is 16.5. The molecular formula is C26H34N4O4. The van der Waals surface area contributed by atoms with Crippen LogP contribution in [0.15, 0.2) is 31.0 Å². The molecule has 0 aromatic carbocycles. The summed E-state index contributed by atoms with van der Waals surface area (Å²) in [5, 5.41) is 3.38. The summed E-state index contributed by atoms with van der Waals surface area (Å²) in [5.41, 5.74) is 4.07. The smallest absolute Gasteiger partial charge is 0.307 e. The number of pyridine rings is 2. The zero-order valence-corrected chi connectivity index (χ0v) is 20.3. The van der Waals surface area contributed by atoms with E-state index in [0.29, 0.717) is 12.3 Å². The van der Waals surface area contributed by atoms with Crippen LogP contribution in [0.2, 0.25) is 0 Å². The normalized spacial score (nSPS) is 13.3. The molecule has 2 aromatic rings. The maximum absolute atomic E-state index is 13.0. The monoisotopic (exact) mass is 466 g/mol. The molecule has 1 amide bonds. The molecule has 1 aliphatic rings. The number of carbonyl (C=O) groups excluding carboxylic acids is 2. The van der Waals surface area contributed by atoms with Gasteiger partial charge in [-0.25, -0.2) is 9.97 Å². The molecule has 1 N–H and O–H groups in total. The van der Waals surface area contributed by atoms with Gasteiger partial charge < -0.3 is 19.7 Å². The molecule has 0 unspecified atom stereocenters. The van der Waals surface area contributed by atoms with Crippen molar-refractivity contribution < 1.29 is 19.1 Å². The summed E-state index contributed by atoms with van der Waals surface area (Å²) in [6.45, 7) is 4.89. The quantitative estimate of drug-likeness (QED) is 0.396. The number of esters is 1. The standard InChI is InChI=1S/C26H34N4O4/c1-5-18-15-19-9-8-14-27-26(19)29-21(18)10-6-7-11-24(31)30(2)22(16-25(32)34-4)20-12-13-23(33-3)28-17-20/h5,12-13,15,17,22H,1,6-11,14,16H2,2-4H3,(H,27,29)/t22-/m0/s1. The zero-order chi connectivity index (χ0) is 24.5. The van der Waals surface area contributed by atoms with Gasteiger partial charge in [-0.2, -0.15) is 0 Å². The molecule has 0 fully saturated rings. The van der Waals surface area contributed by atoms with E-state index in [1.54, 1.807) is 24.2 Å². The number of hydrogen-bond acceptors (Lipinski definition) is 7. The lowest BCUT2D eigenvalue weighted by Crippen LogP contribution is -2.32. The first-order valence-corrected chi connectivity index (χ1v) is 11.7. The van der Waals surface area contributed by atoms with E-state index < -0.39 is 6.04 Å². The SMILES string of the molecule is C=Cc1cc2c(nc1CCCCC(=O)N(C)[C@@H](CC(=O)OC)c1ccc(OC)nc1)NCCC2. The number of nitrogens with zero attached hydrogens (tertiary/aromatic N) is 3. The first-order valence-electron chi connectivity index (χ1n) is 11.7. The predicted octanol–water partition coefficient (Wildman–Crippen LogP) is 3.96. The highest BCUT2D eigenvalue weighted by Crippen LogP contribution is 2.27. The van der Waals surface area contributed by atoms with Gasteiger partial charge in [0.2, 0.25) is 11.8 Å². The number of amides is 1. The summed E-state index contributed by atoms with van der Waals surface area (Å²) >= 11 is 0. The summed E-state index contributed by atoms with van der Waals surface area (Å²) < 4.78 is 9.95. The minimum Gasteiger partial charge on any atom is -0.481 e. The van der Waals surface area contributed by atoms with E-state index in [2.05, 4.69) is 22.9 Å². The van der Waals surface area contributed by atoms with Crippen molar-refractivity contribution in [2.24, 2.45) is 0 Å². The Bertz CT molecular complexity index is 1010. The molecule has 182 valence electrons. The third-order valence-corrected chi connectivity index (χ3v) is 6.21. The number of hydrogen-bond donors (Lipinski definition) is 1. The largest absolute Gasteiger partial charge is 0.481 e. The minimum atomic E-state index is -0.459. The van der Waals surface area contributed by atoms with Crippen molar-refractivity contribution in [1.29, 1.82) is 0 Å². The molecule has 0 radical (unpaired) electrons. The van der Waals surface area contributed by atoms with E-state index in [-0.39, 0.29) is 18.3 Å². The number of carbonyl (C=O) groups is 2. The van der Waals surface area contributed by atoms with E-state index >= 15 is 0 Å². The van der Waals surface area contributed by atoms with Gasteiger partial charge in [0.25, 0.3) is 0 Å². The number of ether oxygens (including phenoxy) is 2. The summed E-state index contributed by atoms with van der Waals surface area (Å²) in [7, 11) is 4.60. The number of unbranched alkanes of at least 4 members (excludes halogenated alkanes) is 1. The van der Waals surface area contributed by atoms with Crippen LogP contribution in [0.1, 0.15) is 60.5 Å².